The number of hydrogen-bond acceptors (Lipinski definition) is 4. The molecule has 0 spiro atoms. The van der Waals surface area contributed by atoms with Crippen LogP contribution in [-0.4, -0.2) is 20.6 Å². The fourth-order valence-corrected chi connectivity index (χ4v) is 3.80. The number of anilines is 1. The Morgan fingerprint density at radius 2 is 1.92 bits per heavy atom. The molecule has 24 heavy (non-hydrogen) atoms. The van der Waals surface area contributed by atoms with Crippen LogP contribution in [0.1, 0.15) is 37.3 Å². The highest BCUT2D eigenvalue weighted by Gasteiger charge is 2.24. The molecule has 0 aliphatic heterocycles. The van der Waals surface area contributed by atoms with Crippen molar-refractivity contribution in [2.75, 3.05) is 5.73 Å². The number of hydrogen-bond donors (Lipinski definition) is 2. The van der Waals surface area contributed by atoms with Gasteiger partial charge in [0.25, 0.3) is 0 Å². The maximum Gasteiger partial charge on any atom is 0.146 e. The Balaban J connectivity index is 1.88. The normalized spacial score (nSPS) is 21.2. The van der Waals surface area contributed by atoms with E-state index in [9.17, 15) is 0 Å². The number of nitrogens with zero attached hydrogens (tertiary/aromatic N) is 3. The minimum atomic E-state index is 0.332. The summed E-state index contributed by atoms with van der Waals surface area (Å²) in [7, 11) is 0. The Morgan fingerprint density at radius 1 is 1.12 bits per heavy atom. The first-order valence-electron chi connectivity index (χ1n) is 8.57. The second kappa shape index (κ2) is 5.91. The molecule has 124 valence electrons. The van der Waals surface area contributed by atoms with Gasteiger partial charge in [-0.15, -0.1) is 0 Å². The molecule has 1 aliphatic rings. The standard InChI is InChI=1S/C19H23N5/c1-12-3-2-4-13(9-12)16-10-24(15-7-5-14(20)6-8-15)19-17(16)18(21)22-11-23-19/h2-4,9-11,14-15H,5-8,20H2,1H3,(H2,21,22,23). The zero-order valence-corrected chi connectivity index (χ0v) is 13.9. The van der Waals surface area contributed by atoms with Gasteiger partial charge >= 0.3 is 0 Å². The van der Waals surface area contributed by atoms with Gasteiger partial charge in [0.2, 0.25) is 0 Å². The molecule has 0 saturated heterocycles. The Hall–Kier alpha value is -2.40. The Bertz CT molecular complexity index is 875. The summed E-state index contributed by atoms with van der Waals surface area (Å²) in [5.74, 6) is 0.544. The van der Waals surface area contributed by atoms with Gasteiger partial charge in [-0.2, -0.15) is 0 Å². The second-order valence-electron chi connectivity index (χ2n) is 6.85. The number of nitrogens with two attached hydrogens (primary N) is 2. The average Bonchev–Trinajstić information content (AvgIpc) is 2.97. The topological polar surface area (TPSA) is 82.8 Å². The summed E-state index contributed by atoms with van der Waals surface area (Å²) in [4.78, 5) is 8.77. The van der Waals surface area contributed by atoms with E-state index in [1.165, 1.54) is 5.56 Å². The van der Waals surface area contributed by atoms with E-state index in [2.05, 4.69) is 51.9 Å². The van der Waals surface area contributed by atoms with Crippen molar-refractivity contribution in [1.82, 2.24) is 14.5 Å². The van der Waals surface area contributed by atoms with Crippen LogP contribution in [0.2, 0.25) is 0 Å². The summed E-state index contributed by atoms with van der Waals surface area (Å²) < 4.78 is 2.29. The van der Waals surface area contributed by atoms with Crippen molar-refractivity contribution in [1.29, 1.82) is 0 Å². The summed E-state index contributed by atoms with van der Waals surface area (Å²) >= 11 is 0. The first-order chi connectivity index (χ1) is 11.6. The average molecular weight is 321 g/mol. The molecule has 0 bridgehead atoms. The summed E-state index contributed by atoms with van der Waals surface area (Å²) in [5, 5.41) is 0.956. The molecule has 0 unspecified atom stereocenters. The highest BCUT2D eigenvalue weighted by Crippen LogP contribution is 2.37. The first kappa shape index (κ1) is 15.1. The second-order valence-corrected chi connectivity index (χ2v) is 6.85. The van der Waals surface area contributed by atoms with Crippen molar-refractivity contribution in [3.8, 4) is 11.1 Å². The molecule has 1 aromatic carbocycles. The molecule has 0 amide bonds. The van der Waals surface area contributed by atoms with Gasteiger partial charge in [0.05, 0.1) is 5.39 Å². The molecule has 0 radical (unpaired) electrons. The minimum absolute atomic E-state index is 0.332. The van der Waals surface area contributed by atoms with Crippen molar-refractivity contribution < 1.29 is 0 Å². The van der Waals surface area contributed by atoms with Crippen LogP contribution in [0.4, 0.5) is 5.82 Å². The Labute approximate surface area is 141 Å². The molecular weight excluding hydrogens is 298 g/mol. The van der Waals surface area contributed by atoms with E-state index in [0.717, 1.165) is 47.8 Å². The van der Waals surface area contributed by atoms with Crippen molar-refractivity contribution in [3.05, 3.63) is 42.4 Å². The molecule has 1 aliphatic carbocycles. The van der Waals surface area contributed by atoms with Crippen LogP contribution in [0.3, 0.4) is 0 Å². The SMILES string of the molecule is Cc1cccc(-c2cn(C3CCC(N)CC3)c3ncnc(N)c23)c1. The van der Waals surface area contributed by atoms with Gasteiger partial charge in [-0.25, -0.2) is 9.97 Å². The van der Waals surface area contributed by atoms with E-state index < -0.39 is 0 Å². The molecule has 1 fully saturated rings. The maximum absolute atomic E-state index is 6.21. The quantitative estimate of drug-likeness (QED) is 0.757. The van der Waals surface area contributed by atoms with Gasteiger partial charge in [0, 0.05) is 23.8 Å². The minimum Gasteiger partial charge on any atom is -0.383 e. The molecule has 0 atom stereocenters. The summed E-state index contributed by atoms with van der Waals surface area (Å²) in [6.07, 6.45) is 8.05. The Kier molecular flexibility index (Phi) is 3.73. The highest BCUT2D eigenvalue weighted by atomic mass is 15.1. The van der Waals surface area contributed by atoms with Crippen LogP contribution in [0.25, 0.3) is 22.2 Å². The van der Waals surface area contributed by atoms with Gasteiger partial charge in [-0.3, -0.25) is 0 Å². The molecule has 4 N–H and O–H groups in total. The Morgan fingerprint density at radius 3 is 2.67 bits per heavy atom. The lowest BCUT2D eigenvalue weighted by molar-refractivity contribution is 0.329. The van der Waals surface area contributed by atoms with Crippen LogP contribution in [0.15, 0.2) is 36.8 Å². The number of aromatic nitrogens is 3. The van der Waals surface area contributed by atoms with Gasteiger partial charge in [-0.1, -0.05) is 29.8 Å². The molecule has 5 nitrogen and oxygen atoms in total. The number of benzene rings is 1. The lowest BCUT2D eigenvalue weighted by atomic mass is 9.92. The molecule has 2 aromatic heterocycles. The van der Waals surface area contributed by atoms with E-state index in [0.29, 0.717) is 17.9 Å². The third-order valence-electron chi connectivity index (χ3n) is 5.10. The van der Waals surface area contributed by atoms with Crippen LogP contribution in [0, 0.1) is 6.92 Å². The number of rotatable bonds is 2. The fourth-order valence-electron chi connectivity index (χ4n) is 3.80. The zero-order chi connectivity index (χ0) is 16.7. The van der Waals surface area contributed by atoms with Crippen molar-refractivity contribution >= 4 is 16.9 Å². The van der Waals surface area contributed by atoms with E-state index in [1.54, 1.807) is 6.33 Å². The highest BCUT2D eigenvalue weighted by molar-refractivity contribution is 6.00. The maximum atomic E-state index is 6.21. The summed E-state index contributed by atoms with van der Waals surface area (Å²) in [5.41, 5.74) is 16.7. The third kappa shape index (κ3) is 2.55. The number of nitrogen functional groups attached to an aromatic ring is 1. The van der Waals surface area contributed by atoms with Crippen LogP contribution in [-0.2, 0) is 0 Å². The van der Waals surface area contributed by atoms with E-state index in [4.69, 9.17) is 11.5 Å². The molecule has 3 aromatic rings. The smallest absolute Gasteiger partial charge is 0.146 e. The summed E-state index contributed by atoms with van der Waals surface area (Å²) in [6.45, 7) is 2.10. The number of aryl methyl sites for hydroxylation is 1. The zero-order valence-electron chi connectivity index (χ0n) is 13.9. The molecule has 4 rings (SSSR count). The molecular formula is C19H23N5. The van der Waals surface area contributed by atoms with Crippen LogP contribution < -0.4 is 11.5 Å². The van der Waals surface area contributed by atoms with E-state index in [1.807, 2.05) is 0 Å². The fraction of sp³-hybridized carbons (Fsp3) is 0.368. The van der Waals surface area contributed by atoms with Gasteiger partial charge < -0.3 is 16.0 Å². The largest absolute Gasteiger partial charge is 0.383 e. The van der Waals surface area contributed by atoms with Crippen LogP contribution in [0.5, 0.6) is 0 Å². The number of fused-ring (bicyclic) bond motifs is 1. The predicted octanol–water partition coefficient (Wildman–Crippen LogP) is 3.43. The molecule has 2 heterocycles. The van der Waals surface area contributed by atoms with Gasteiger partial charge in [0.15, 0.2) is 0 Å². The van der Waals surface area contributed by atoms with E-state index in [-0.39, 0.29) is 0 Å². The predicted molar refractivity (Wildman–Crippen MR) is 97.6 cm³/mol. The summed E-state index contributed by atoms with van der Waals surface area (Å²) in [6, 6.07) is 9.25. The third-order valence-corrected chi connectivity index (χ3v) is 5.10. The molecule has 5 heteroatoms. The van der Waals surface area contributed by atoms with Crippen molar-refractivity contribution in [2.45, 2.75) is 44.7 Å². The first-order valence-corrected chi connectivity index (χ1v) is 8.57. The monoisotopic (exact) mass is 321 g/mol. The molecule has 1 saturated carbocycles. The van der Waals surface area contributed by atoms with Gasteiger partial charge in [-0.05, 0) is 38.2 Å². The van der Waals surface area contributed by atoms with E-state index >= 15 is 0 Å². The lowest BCUT2D eigenvalue weighted by Gasteiger charge is -2.27. The lowest BCUT2D eigenvalue weighted by Crippen LogP contribution is -2.27. The van der Waals surface area contributed by atoms with Crippen molar-refractivity contribution in [3.63, 3.8) is 0 Å². The van der Waals surface area contributed by atoms with Crippen LogP contribution >= 0.6 is 0 Å². The van der Waals surface area contributed by atoms with Crippen molar-refractivity contribution in [2.24, 2.45) is 5.73 Å². The van der Waals surface area contributed by atoms with Gasteiger partial charge in [0.1, 0.15) is 17.8 Å².